The fraction of sp³-hybridized carbons (Fsp3) is 0.150. The van der Waals surface area contributed by atoms with Crippen molar-refractivity contribution in [1.29, 1.82) is 5.26 Å². The number of thioether (sulfide) groups is 1. The number of aromatic nitrogens is 2. The minimum atomic E-state index is -0.0694. The third kappa shape index (κ3) is 3.79. The molecule has 1 aromatic heterocycles. The number of rotatable bonds is 5. The predicted molar refractivity (Wildman–Crippen MR) is 102 cm³/mol. The molecule has 0 bridgehead atoms. The number of carbonyl (C=O) groups is 1. The molecule has 0 saturated heterocycles. The van der Waals surface area contributed by atoms with Gasteiger partial charge in [-0.2, -0.15) is 5.26 Å². The van der Waals surface area contributed by atoms with E-state index < -0.39 is 0 Å². The highest BCUT2D eigenvalue weighted by atomic mass is 32.2. The van der Waals surface area contributed by atoms with Gasteiger partial charge in [-0.05, 0) is 42.2 Å². The van der Waals surface area contributed by atoms with Gasteiger partial charge < -0.3 is 4.90 Å². The summed E-state index contributed by atoms with van der Waals surface area (Å²) in [6, 6.07) is 16.9. The second kappa shape index (κ2) is 7.89. The van der Waals surface area contributed by atoms with Crippen LogP contribution in [0.3, 0.4) is 0 Å². The predicted octanol–water partition coefficient (Wildman–Crippen LogP) is 3.74. The Morgan fingerprint density at radius 3 is 2.85 bits per heavy atom. The lowest BCUT2D eigenvalue weighted by Crippen LogP contribution is -2.26. The zero-order valence-electron chi connectivity index (χ0n) is 14.6. The second-order valence-corrected chi connectivity index (χ2v) is 6.58. The van der Waals surface area contributed by atoms with Crippen LogP contribution in [0.1, 0.15) is 21.5 Å². The van der Waals surface area contributed by atoms with E-state index in [0.29, 0.717) is 17.7 Å². The van der Waals surface area contributed by atoms with Gasteiger partial charge in [-0.25, -0.2) is 4.98 Å². The lowest BCUT2D eigenvalue weighted by atomic mass is 10.1. The molecule has 1 heterocycles. The Balaban J connectivity index is 1.81. The summed E-state index contributed by atoms with van der Waals surface area (Å²) < 4.78 is 1.96. The quantitative estimate of drug-likeness (QED) is 0.649. The van der Waals surface area contributed by atoms with Gasteiger partial charge in [0.1, 0.15) is 0 Å². The lowest BCUT2D eigenvalue weighted by Gasteiger charge is -2.18. The largest absolute Gasteiger partial charge is 0.337 e. The van der Waals surface area contributed by atoms with Crippen LogP contribution in [0.25, 0.3) is 5.69 Å². The fourth-order valence-electron chi connectivity index (χ4n) is 2.73. The van der Waals surface area contributed by atoms with Crippen molar-refractivity contribution in [3.63, 3.8) is 0 Å². The van der Waals surface area contributed by atoms with Crippen molar-refractivity contribution in [2.75, 3.05) is 13.3 Å². The molecule has 6 heteroatoms. The Morgan fingerprint density at radius 2 is 2.08 bits per heavy atom. The minimum absolute atomic E-state index is 0.0694. The molecule has 3 rings (SSSR count). The molecule has 26 heavy (non-hydrogen) atoms. The van der Waals surface area contributed by atoms with Gasteiger partial charge in [-0.15, -0.1) is 0 Å². The van der Waals surface area contributed by atoms with Crippen LogP contribution in [-0.4, -0.2) is 33.7 Å². The normalized spacial score (nSPS) is 10.3. The molecule has 130 valence electrons. The summed E-state index contributed by atoms with van der Waals surface area (Å²) in [5, 5.41) is 9.88. The van der Waals surface area contributed by atoms with Gasteiger partial charge in [-0.3, -0.25) is 9.36 Å². The van der Waals surface area contributed by atoms with E-state index in [1.807, 2.05) is 53.4 Å². The number of hydrogen-bond acceptors (Lipinski definition) is 4. The Kier molecular flexibility index (Phi) is 5.40. The topological polar surface area (TPSA) is 61.9 Å². The van der Waals surface area contributed by atoms with Crippen LogP contribution in [0.2, 0.25) is 0 Å². The van der Waals surface area contributed by atoms with Crippen LogP contribution in [0, 0.1) is 11.3 Å². The highest BCUT2D eigenvalue weighted by Gasteiger charge is 2.14. The van der Waals surface area contributed by atoms with Gasteiger partial charge in [0.25, 0.3) is 5.91 Å². The average molecular weight is 362 g/mol. The summed E-state index contributed by atoms with van der Waals surface area (Å²) in [6.07, 6.45) is 5.60. The summed E-state index contributed by atoms with van der Waals surface area (Å²) in [6.45, 7) is 0.444. The third-order valence-corrected chi connectivity index (χ3v) is 4.65. The Labute approximate surface area is 156 Å². The van der Waals surface area contributed by atoms with E-state index in [-0.39, 0.29) is 5.91 Å². The van der Waals surface area contributed by atoms with Crippen molar-refractivity contribution >= 4 is 17.7 Å². The number of carbonyl (C=O) groups excluding carboxylic acids is 1. The fourth-order valence-corrected chi connectivity index (χ4v) is 3.26. The van der Waals surface area contributed by atoms with E-state index in [9.17, 15) is 4.79 Å². The van der Waals surface area contributed by atoms with Gasteiger partial charge in [-0.1, -0.05) is 30.0 Å². The number of imidazole rings is 1. The Bertz CT molecular complexity index is 974. The van der Waals surface area contributed by atoms with Crippen LogP contribution >= 0.6 is 11.8 Å². The molecule has 0 N–H and O–H groups in total. The molecule has 0 aliphatic carbocycles. The van der Waals surface area contributed by atoms with Crippen molar-refractivity contribution in [2.45, 2.75) is 11.7 Å². The van der Waals surface area contributed by atoms with Crippen molar-refractivity contribution < 1.29 is 4.79 Å². The molecule has 0 spiro atoms. The van der Waals surface area contributed by atoms with Gasteiger partial charge in [0.05, 0.1) is 11.6 Å². The van der Waals surface area contributed by atoms with Gasteiger partial charge in [0.15, 0.2) is 5.16 Å². The zero-order valence-corrected chi connectivity index (χ0v) is 15.4. The summed E-state index contributed by atoms with van der Waals surface area (Å²) in [5.74, 6) is -0.0694. The van der Waals surface area contributed by atoms with E-state index in [4.69, 9.17) is 5.26 Å². The average Bonchev–Trinajstić information content (AvgIpc) is 3.16. The number of nitriles is 1. The highest BCUT2D eigenvalue weighted by Crippen LogP contribution is 2.20. The summed E-state index contributed by atoms with van der Waals surface area (Å²) in [5.41, 5.74) is 3.03. The van der Waals surface area contributed by atoms with Crippen molar-refractivity contribution in [3.8, 4) is 11.8 Å². The molecule has 0 atom stereocenters. The van der Waals surface area contributed by atoms with Gasteiger partial charge in [0.2, 0.25) is 0 Å². The molecule has 0 aliphatic heterocycles. The molecule has 1 amide bonds. The summed E-state index contributed by atoms with van der Waals surface area (Å²) >= 11 is 1.55. The maximum atomic E-state index is 12.8. The van der Waals surface area contributed by atoms with Crippen molar-refractivity contribution in [2.24, 2.45) is 0 Å². The van der Waals surface area contributed by atoms with E-state index >= 15 is 0 Å². The highest BCUT2D eigenvalue weighted by molar-refractivity contribution is 7.98. The third-order valence-electron chi connectivity index (χ3n) is 3.98. The number of nitrogens with zero attached hydrogens (tertiary/aromatic N) is 4. The maximum absolute atomic E-state index is 12.8. The minimum Gasteiger partial charge on any atom is -0.337 e. The SMILES string of the molecule is CSc1nccn1-c1cccc(C(=O)N(C)Cc2cccc(C#N)c2)c1. The first-order valence-corrected chi connectivity index (χ1v) is 9.27. The molecule has 5 nitrogen and oxygen atoms in total. The number of amides is 1. The second-order valence-electron chi connectivity index (χ2n) is 5.81. The monoisotopic (exact) mass is 362 g/mol. The summed E-state index contributed by atoms with van der Waals surface area (Å²) in [4.78, 5) is 18.8. The number of benzene rings is 2. The smallest absolute Gasteiger partial charge is 0.253 e. The molecule has 0 unspecified atom stereocenters. The molecular weight excluding hydrogens is 344 g/mol. The summed E-state index contributed by atoms with van der Waals surface area (Å²) in [7, 11) is 1.76. The lowest BCUT2D eigenvalue weighted by molar-refractivity contribution is 0.0785. The van der Waals surface area contributed by atoms with Gasteiger partial charge >= 0.3 is 0 Å². The first-order chi connectivity index (χ1) is 12.6. The van der Waals surface area contributed by atoms with Crippen molar-refractivity contribution in [1.82, 2.24) is 14.5 Å². The van der Waals surface area contributed by atoms with E-state index in [0.717, 1.165) is 16.4 Å². The standard InChI is InChI=1S/C20H18N4OS/c1-23(14-16-6-3-5-15(11-16)13-21)19(25)17-7-4-8-18(12-17)24-10-9-22-20(24)26-2/h3-12H,14H2,1-2H3. The van der Waals surface area contributed by atoms with Crippen LogP contribution in [0.4, 0.5) is 0 Å². The van der Waals surface area contributed by atoms with E-state index in [2.05, 4.69) is 11.1 Å². The van der Waals surface area contributed by atoms with Gasteiger partial charge in [0, 0.05) is 37.2 Å². The molecule has 3 aromatic rings. The van der Waals surface area contributed by atoms with Crippen LogP contribution in [0.5, 0.6) is 0 Å². The molecule has 2 aromatic carbocycles. The molecule has 0 saturated carbocycles. The van der Waals surface area contributed by atoms with Crippen molar-refractivity contribution in [3.05, 3.63) is 77.6 Å². The Hall–Kier alpha value is -3.04. The van der Waals surface area contributed by atoms with E-state index in [1.54, 1.807) is 42.0 Å². The van der Waals surface area contributed by atoms with E-state index in [1.165, 1.54) is 0 Å². The zero-order chi connectivity index (χ0) is 18.5. The van der Waals surface area contributed by atoms with Crippen LogP contribution in [0.15, 0.2) is 66.1 Å². The van der Waals surface area contributed by atoms with Crippen LogP contribution < -0.4 is 0 Å². The number of hydrogen-bond donors (Lipinski definition) is 0. The molecule has 0 radical (unpaired) electrons. The Morgan fingerprint density at radius 1 is 1.27 bits per heavy atom. The first-order valence-electron chi connectivity index (χ1n) is 8.04. The first kappa shape index (κ1) is 17.8. The molecule has 0 aliphatic rings. The molecular formula is C20H18N4OS. The van der Waals surface area contributed by atoms with Crippen LogP contribution in [-0.2, 0) is 6.54 Å². The molecule has 0 fully saturated rings. The maximum Gasteiger partial charge on any atom is 0.253 e.